The fraction of sp³-hybridized carbons (Fsp3) is 0.250. The predicted molar refractivity (Wildman–Crippen MR) is 85.4 cm³/mol. The number of halogens is 2. The Balaban J connectivity index is 2.30. The van der Waals surface area contributed by atoms with E-state index in [1.165, 1.54) is 17.4 Å². The molecule has 5 nitrogen and oxygen atoms in total. The molecule has 114 valence electrons. The van der Waals surface area contributed by atoms with E-state index in [0.717, 1.165) is 4.88 Å². The van der Waals surface area contributed by atoms with E-state index >= 15 is 0 Å². The highest BCUT2D eigenvalue weighted by Gasteiger charge is 2.21. The van der Waals surface area contributed by atoms with Crippen LogP contribution in [0.25, 0.3) is 0 Å². The lowest BCUT2D eigenvalue weighted by Gasteiger charge is -2.12. The fourth-order valence-corrected chi connectivity index (χ4v) is 4.27. The summed E-state index contributed by atoms with van der Waals surface area (Å²) in [6.07, 6.45) is 1.61. The van der Waals surface area contributed by atoms with Crippen molar-refractivity contribution in [2.45, 2.75) is 18.0 Å². The zero-order chi connectivity index (χ0) is 15.5. The van der Waals surface area contributed by atoms with Gasteiger partial charge in [-0.1, -0.05) is 23.2 Å². The van der Waals surface area contributed by atoms with Gasteiger partial charge in [-0.25, -0.2) is 13.1 Å². The maximum absolute atomic E-state index is 12.4. The maximum Gasteiger partial charge on any atom is 0.242 e. The first-order chi connectivity index (χ1) is 9.94. The SMILES string of the molecule is CNCc1cc(Cl)cc(S(=O)(=O)NCc2cncs2)c1Cl. The third-order valence-corrected chi connectivity index (χ3v) is 5.64. The summed E-state index contributed by atoms with van der Waals surface area (Å²) in [4.78, 5) is 4.68. The molecule has 0 amide bonds. The van der Waals surface area contributed by atoms with Crippen molar-refractivity contribution in [3.63, 3.8) is 0 Å². The molecule has 9 heteroatoms. The van der Waals surface area contributed by atoms with Gasteiger partial charge in [0.1, 0.15) is 4.90 Å². The van der Waals surface area contributed by atoms with Crippen LogP contribution in [0, 0.1) is 0 Å². The molecular weight excluding hydrogens is 353 g/mol. The van der Waals surface area contributed by atoms with Gasteiger partial charge in [0, 0.05) is 29.2 Å². The number of nitrogens with one attached hydrogen (secondary N) is 2. The number of sulfonamides is 1. The van der Waals surface area contributed by atoms with Crippen LogP contribution in [0.1, 0.15) is 10.4 Å². The Bertz CT molecular complexity index is 718. The van der Waals surface area contributed by atoms with Crippen LogP contribution in [-0.4, -0.2) is 20.4 Å². The largest absolute Gasteiger partial charge is 0.316 e. The molecule has 0 aliphatic rings. The van der Waals surface area contributed by atoms with E-state index < -0.39 is 10.0 Å². The molecule has 2 aromatic rings. The Kier molecular flexibility index (Phi) is 5.59. The summed E-state index contributed by atoms with van der Waals surface area (Å²) in [6, 6.07) is 2.99. The van der Waals surface area contributed by atoms with E-state index in [0.29, 0.717) is 17.1 Å². The van der Waals surface area contributed by atoms with Crippen LogP contribution in [0.15, 0.2) is 28.7 Å². The van der Waals surface area contributed by atoms with Crippen molar-refractivity contribution in [2.75, 3.05) is 7.05 Å². The van der Waals surface area contributed by atoms with Crippen LogP contribution in [0.3, 0.4) is 0 Å². The van der Waals surface area contributed by atoms with Gasteiger partial charge in [0.05, 0.1) is 10.5 Å². The molecule has 0 atom stereocenters. The first kappa shape index (κ1) is 16.7. The molecule has 2 N–H and O–H groups in total. The minimum Gasteiger partial charge on any atom is -0.316 e. The van der Waals surface area contributed by atoms with Gasteiger partial charge in [-0.15, -0.1) is 11.3 Å². The van der Waals surface area contributed by atoms with Crippen LogP contribution in [0.4, 0.5) is 0 Å². The number of thiazole rings is 1. The van der Waals surface area contributed by atoms with Gasteiger partial charge in [0.15, 0.2) is 0 Å². The predicted octanol–water partition coefficient (Wildman–Crippen LogP) is 2.65. The molecule has 1 aromatic carbocycles. The fourth-order valence-electron chi connectivity index (χ4n) is 1.71. The molecule has 0 aliphatic carbocycles. The van der Waals surface area contributed by atoms with Crippen LogP contribution < -0.4 is 10.0 Å². The highest BCUT2D eigenvalue weighted by molar-refractivity contribution is 7.89. The molecular formula is C12H13Cl2N3O2S2. The van der Waals surface area contributed by atoms with Crippen LogP contribution in [0.5, 0.6) is 0 Å². The zero-order valence-electron chi connectivity index (χ0n) is 11.1. The van der Waals surface area contributed by atoms with Crippen molar-refractivity contribution in [1.82, 2.24) is 15.0 Å². The lowest BCUT2D eigenvalue weighted by atomic mass is 10.2. The van der Waals surface area contributed by atoms with Gasteiger partial charge < -0.3 is 5.32 Å². The molecule has 0 spiro atoms. The minimum absolute atomic E-state index is 0.0218. The van der Waals surface area contributed by atoms with Crippen LogP contribution in [-0.2, 0) is 23.1 Å². The smallest absolute Gasteiger partial charge is 0.242 e. The first-order valence-corrected chi connectivity index (χ1v) is 9.05. The summed E-state index contributed by atoms with van der Waals surface area (Å²) < 4.78 is 27.2. The number of hydrogen-bond donors (Lipinski definition) is 2. The average molecular weight is 366 g/mol. The minimum atomic E-state index is -3.75. The second-order valence-electron chi connectivity index (χ2n) is 4.20. The summed E-state index contributed by atoms with van der Waals surface area (Å²) in [5.41, 5.74) is 2.27. The van der Waals surface area contributed by atoms with E-state index in [9.17, 15) is 8.42 Å². The Morgan fingerprint density at radius 1 is 1.29 bits per heavy atom. The molecule has 1 heterocycles. The number of rotatable bonds is 6. The summed E-state index contributed by atoms with van der Waals surface area (Å²) in [6.45, 7) is 0.591. The highest BCUT2D eigenvalue weighted by Crippen LogP contribution is 2.29. The molecule has 2 rings (SSSR count). The third kappa shape index (κ3) is 4.15. The van der Waals surface area contributed by atoms with E-state index in [4.69, 9.17) is 23.2 Å². The Morgan fingerprint density at radius 2 is 2.05 bits per heavy atom. The monoisotopic (exact) mass is 365 g/mol. The summed E-state index contributed by atoms with van der Waals surface area (Å²) >= 11 is 13.5. The van der Waals surface area contributed by atoms with Crippen molar-refractivity contribution < 1.29 is 8.42 Å². The van der Waals surface area contributed by atoms with Crippen molar-refractivity contribution in [2.24, 2.45) is 0 Å². The Morgan fingerprint density at radius 3 is 2.67 bits per heavy atom. The number of aromatic nitrogens is 1. The van der Waals surface area contributed by atoms with Gasteiger partial charge in [-0.05, 0) is 24.7 Å². The lowest BCUT2D eigenvalue weighted by Crippen LogP contribution is -2.23. The van der Waals surface area contributed by atoms with Crippen molar-refractivity contribution in [1.29, 1.82) is 0 Å². The molecule has 1 aromatic heterocycles. The van der Waals surface area contributed by atoms with Gasteiger partial charge in [0.25, 0.3) is 0 Å². The number of nitrogens with zero attached hydrogens (tertiary/aromatic N) is 1. The Labute approximate surface area is 137 Å². The number of hydrogen-bond acceptors (Lipinski definition) is 5. The summed E-state index contributed by atoms with van der Waals surface area (Å²) in [5, 5.41) is 3.41. The van der Waals surface area contributed by atoms with E-state index in [1.54, 1.807) is 24.8 Å². The van der Waals surface area contributed by atoms with E-state index in [1.807, 2.05) is 0 Å². The van der Waals surface area contributed by atoms with E-state index in [-0.39, 0.29) is 16.5 Å². The third-order valence-electron chi connectivity index (χ3n) is 2.66. The molecule has 0 saturated carbocycles. The zero-order valence-corrected chi connectivity index (χ0v) is 14.2. The molecule has 0 bridgehead atoms. The highest BCUT2D eigenvalue weighted by atomic mass is 35.5. The van der Waals surface area contributed by atoms with Crippen molar-refractivity contribution >= 4 is 44.6 Å². The average Bonchev–Trinajstić information content (AvgIpc) is 2.94. The second-order valence-corrected chi connectivity index (χ2v) is 7.72. The first-order valence-electron chi connectivity index (χ1n) is 5.93. The Hall–Kier alpha value is -0.700. The van der Waals surface area contributed by atoms with Crippen molar-refractivity contribution in [3.05, 3.63) is 44.3 Å². The number of benzene rings is 1. The molecule has 0 unspecified atom stereocenters. The van der Waals surface area contributed by atoms with Gasteiger partial charge in [0.2, 0.25) is 10.0 Å². The molecule has 0 saturated heterocycles. The molecule has 0 radical (unpaired) electrons. The maximum atomic E-state index is 12.4. The molecule has 0 fully saturated rings. The van der Waals surface area contributed by atoms with Crippen molar-refractivity contribution in [3.8, 4) is 0 Å². The second kappa shape index (κ2) is 7.04. The van der Waals surface area contributed by atoms with Gasteiger partial charge in [-0.2, -0.15) is 0 Å². The summed E-state index contributed by atoms with van der Waals surface area (Å²) in [7, 11) is -2.00. The summed E-state index contributed by atoms with van der Waals surface area (Å²) in [5.74, 6) is 0. The van der Waals surface area contributed by atoms with Gasteiger partial charge in [-0.3, -0.25) is 4.98 Å². The van der Waals surface area contributed by atoms with Crippen LogP contribution >= 0.6 is 34.5 Å². The lowest BCUT2D eigenvalue weighted by molar-refractivity contribution is 0.581. The molecule has 0 aliphatic heterocycles. The quantitative estimate of drug-likeness (QED) is 0.825. The standard InChI is InChI=1S/C12H13Cl2N3O2S2/c1-15-4-8-2-9(13)3-11(12(8)14)21(18,19)17-6-10-5-16-7-20-10/h2-3,5,7,15,17H,4,6H2,1H3. The normalized spacial score (nSPS) is 11.8. The van der Waals surface area contributed by atoms with E-state index in [2.05, 4.69) is 15.0 Å². The topological polar surface area (TPSA) is 71.1 Å². The van der Waals surface area contributed by atoms with Crippen LogP contribution in [0.2, 0.25) is 10.0 Å². The molecule has 21 heavy (non-hydrogen) atoms. The van der Waals surface area contributed by atoms with Gasteiger partial charge >= 0.3 is 0 Å².